The number of rotatable bonds is 1. The minimum atomic E-state index is 0.380. The number of nitrogens with zero attached hydrogens (tertiary/aromatic N) is 3. The summed E-state index contributed by atoms with van der Waals surface area (Å²) >= 11 is 9.58. The molecule has 0 N–H and O–H groups in total. The molecular formula is C11H11BrClN3. The van der Waals surface area contributed by atoms with Crippen molar-refractivity contribution in [2.45, 2.75) is 20.8 Å². The third-order valence-corrected chi connectivity index (χ3v) is 3.26. The van der Waals surface area contributed by atoms with Gasteiger partial charge in [-0.05, 0) is 65.5 Å². The van der Waals surface area contributed by atoms with E-state index in [1.165, 1.54) is 5.56 Å². The molecule has 0 atom stereocenters. The molecule has 0 bridgehead atoms. The predicted octanol–water partition coefficient (Wildman–Crippen LogP) is 3.61. The largest absolute Gasteiger partial charge is 0.269 e. The van der Waals surface area contributed by atoms with Crippen LogP contribution < -0.4 is 0 Å². The van der Waals surface area contributed by atoms with Crippen LogP contribution in [0.4, 0.5) is 0 Å². The van der Waals surface area contributed by atoms with Gasteiger partial charge in [0.1, 0.15) is 5.82 Å². The van der Waals surface area contributed by atoms with Gasteiger partial charge < -0.3 is 0 Å². The zero-order chi connectivity index (χ0) is 11.9. The number of hydrogen-bond donors (Lipinski definition) is 0. The number of benzene rings is 1. The topological polar surface area (TPSA) is 30.7 Å². The van der Waals surface area contributed by atoms with Crippen LogP contribution in [0.1, 0.15) is 17.0 Å². The molecule has 0 radical (unpaired) electrons. The monoisotopic (exact) mass is 299 g/mol. The average molecular weight is 301 g/mol. The Hall–Kier alpha value is -0.870. The molecule has 0 aliphatic carbocycles. The molecule has 0 amide bonds. The third-order valence-electron chi connectivity index (χ3n) is 2.41. The highest BCUT2D eigenvalue weighted by Gasteiger charge is 2.14. The standard InChI is InChI=1S/C11H11BrClN3/c1-6-4-7(2)10(9(12)5-6)16-8(3)14-15-11(16)13/h4-5H,1-3H3. The summed E-state index contributed by atoms with van der Waals surface area (Å²) in [6.45, 7) is 5.98. The number of aromatic nitrogens is 3. The number of hydrogen-bond acceptors (Lipinski definition) is 2. The van der Waals surface area contributed by atoms with Gasteiger partial charge in [-0.3, -0.25) is 4.57 Å². The zero-order valence-electron chi connectivity index (χ0n) is 9.25. The lowest BCUT2D eigenvalue weighted by Crippen LogP contribution is -2.01. The second-order valence-electron chi connectivity index (χ2n) is 3.76. The van der Waals surface area contributed by atoms with Crippen LogP contribution in [0.5, 0.6) is 0 Å². The van der Waals surface area contributed by atoms with Crippen molar-refractivity contribution >= 4 is 27.5 Å². The molecule has 84 valence electrons. The maximum absolute atomic E-state index is 6.03. The van der Waals surface area contributed by atoms with Crippen LogP contribution in [0.2, 0.25) is 5.28 Å². The summed E-state index contributed by atoms with van der Waals surface area (Å²) in [5, 5.41) is 8.19. The highest BCUT2D eigenvalue weighted by Crippen LogP contribution is 2.29. The van der Waals surface area contributed by atoms with Crippen molar-refractivity contribution in [3.63, 3.8) is 0 Å². The normalized spacial score (nSPS) is 10.8. The molecule has 0 saturated carbocycles. The van der Waals surface area contributed by atoms with Gasteiger partial charge in [0.2, 0.25) is 5.28 Å². The summed E-state index contributed by atoms with van der Waals surface area (Å²) in [6, 6.07) is 4.16. The van der Waals surface area contributed by atoms with E-state index in [1.807, 2.05) is 18.4 Å². The van der Waals surface area contributed by atoms with Gasteiger partial charge in [0.25, 0.3) is 0 Å². The molecule has 2 rings (SSSR count). The summed E-state index contributed by atoms with van der Waals surface area (Å²) < 4.78 is 2.83. The summed E-state index contributed by atoms with van der Waals surface area (Å²) in [5.41, 5.74) is 3.34. The van der Waals surface area contributed by atoms with E-state index in [2.05, 4.69) is 45.2 Å². The predicted molar refractivity (Wildman–Crippen MR) is 68.3 cm³/mol. The summed E-state index contributed by atoms with van der Waals surface area (Å²) in [6.07, 6.45) is 0. The fraction of sp³-hybridized carbons (Fsp3) is 0.273. The second-order valence-corrected chi connectivity index (χ2v) is 4.96. The van der Waals surface area contributed by atoms with Gasteiger partial charge in [-0.1, -0.05) is 6.07 Å². The van der Waals surface area contributed by atoms with Crippen LogP contribution in [-0.2, 0) is 0 Å². The molecule has 1 aromatic heterocycles. The Morgan fingerprint density at radius 2 is 1.88 bits per heavy atom. The van der Waals surface area contributed by atoms with Crippen LogP contribution in [0.3, 0.4) is 0 Å². The minimum absolute atomic E-state index is 0.380. The van der Waals surface area contributed by atoms with Crippen LogP contribution >= 0.6 is 27.5 Å². The zero-order valence-corrected chi connectivity index (χ0v) is 11.6. The first-order chi connectivity index (χ1) is 7.50. The first kappa shape index (κ1) is 11.6. The first-order valence-electron chi connectivity index (χ1n) is 4.85. The van der Waals surface area contributed by atoms with E-state index in [0.717, 1.165) is 21.5 Å². The quantitative estimate of drug-likeness (QED) is 0.805. The maximum Gasteiger partial charge on any atom is 0.229 e. The van der Waals surface area contributed by atoms with Crippen LogP contribution in [-0.4, -0.2) is 14.8 Å². The van der Waals surface area contributed by atoms with Gasteiger partial charge in [-0.2, -0.15) is 0 Å². The van der Waals surface area contributed by atoms with Crippen molar-refractivity contribution < 1.29 is 0 Å². The summed E-state index contributed by atoms with van der Waals surface area (Å²) in [5.74, 6) is 0.776. The SMILES string of the molecule is Cc1cc(C)c(-n2c(C)nnc2Cl)c(Br)c1. The number of aryl methyl sites for hydroxylation is 3. The fourth-order valence-electron chi connectivity index (χ4n) is 1.78. The first-order valence-corrected chi connectivity index (χ1v) is 6.02. The third kappa shape index (κ3) is 1.87. The molecule has 1 heterocycles. The van der Waals surface area contributed by atoms with E-state index in [1.54, 1.807) is 0 Å². The Balaban J connectivity index is 2.74. The average Bonchev–Trinajstić information content (AvgIpc) is 2.47. The van der Waals surface area contributed by atoms with Crippen molar-refractivity contribution in [2.24, 2.45) is 0 Å². The molecule has 3 nitrogen and oxygen atoms in total. The van der Waals surface area contributed by atoms with Crippen molar-refractivity contribution in [1.82, 2.24) is 14.8 Å². The molecule has 0 aliphatic rings. The van der Waals surface area contributed by atoms with Crippen molar-refractivity contribution in [1.29, 1.82) is 0 Å². The van der Waals surface area contributed by atoms with E-state index in [0.29, 0.717) is 5.28 Å². The molecule has 5 heteroatoms. The number of halogens is 2. The molecule has 0 spiro atoms. The highest BCUT2D eigenvalue weighted by atomic mass is 79.9. The molecule has 16 heavy (non-hydrogen) atoms. The van der Waals surface area contributed by atoms with Gasteiger partial charge in [0.15, 0.2) is 0 Å². The minimum Gasteiger partial charge on any atom is -0.269 e. The van der Waals surface area contributed by atoms with Crippen LogP contribution in [0.15, 0.2) is 16.6 Å². The molecular weight excluding hydrogens is 289 g/mol. The lowest BCUT2D eigenvalue weighted by Gasteiger charge is -2.12. The van der Waals surface area contributed by atoms with Crippen molar-refractivity contribution in [3.05, 3.63) is 38.8 Å². The Kier molecular flexibility index (Phi) is 3.04. The molecule has 1 aromatic carbocycles. The lowest BCUT2D eigenvalue weighted by atomic mass is 10.1. The van der Waals surface area contributed by atoms with Crippen LogP contribution in [0, 0.1) is 20.8 Å². The van der Waals surface area contributed by atoms with Gasteiger partial charge in [-0.15, -0.1) is 10.2 Å². The van der Waals surface area contributed by atoms with E-state index in [9.17, 15) is 0 Å². The van der Waals surface area contributed by atoms with Gasteiger partial charge >= 0.3 is 0 Å². The van der Waals surface area contributed by atoms with Crippen molar-refractivity contribution in [3.8, 4) is 5.69 Å². The summed E-state index contributed by atoms with van der Waals surface area (Å²) in [7, 11) is 0. The van der Waals surface area contributed by atoms with E-state index in [-0.39, 0.29) is 0 Å². The second kappa shape index (κ2) is 4.18. The maximum atomic E-state index is 6.03. The molecule has 2 aromatic rings. The van der Waals surface area contributed by atoms with Gasteiger partial charge in [0, 0.05) is 4.47 Å². The van der Waals surface area contributed by atoms with Crippen molar-refractivity contribution in [2.75, 3.05) is 0 Å². The highest BCUT2D eigenvalue weighted by molar-refractivity contribution is 9.10. The summed E-state index contributed by atoms with van der Waals surface area (Å²) in [4.78, 5) is 0. The van der Waals surface area contributed by atoms with Gasteiger partial charge in [0.05, 0.1) is 5.69 Å². The smallest absolute Gasteiger partial charge is 0.229 e. The fourth-order valence-corrected chi connectivity index (χ4v) is 2.88. The van der Waals surface area contributed by atoms with E-state index < -0.39 is 0 Å². The molecule has 0 unspecified atom stereocenters. The molecule has 0 saturated heterocycles. The van der Waals surface area contributed by atoms with Gasteiger partial charge in [-0.25, -0.2) is 0 Å². The molecule has 0 aliphatic heterocycles. The Labute approximate surface area is 108 Å². The Morgan fingerprint density at radius 1 is 1.19 bits per heavy atom. The Bertz CT molecular complexity index is 506. The lowest BCUT2D eigenvalue weighted by molar-refractivity contribution is 0.955. The Morgan fingerprint density at radius 3 is 2.38 bits per heavy atom. The molecule has 0 fully saturated rings. The van der Waals surface area contributed by atoms with E-state index in [4.69, 9.17) is 11.6 Å². The van der Waals surface area contributed by atoms with E-state index >= 15 is 0 Å². The van der Waals surface area contributed by atoms with Crippen LogP contribution in [0.25, 0.3) is 5.69 Å².